The van der Waals surface area contributed by atoms with Crippen LogP contribution in [0, 0.1) is 12.8 Å². The minimum Gasteiger partial charge on any atom is -0.495 e. The minimum atomic E-state index is -0.735. The second kappa shape index (κ2) is 9.27. The molecule has 1 aromatic carbocycles. The Morgan fingerprint density at radius 1 is 1.17 bits per heavy atom. The summed E-state index contributed by atoms with van der Waals surface area (Å²) in [6.45, 7) is 3.50. The lowest BCUT2D eigenvalue weighted by Crippen LogP contribution is -2.43. The molecule has 1 aliphatic rings. The Bertz CT molecular complexity index is 870. The van der Waals surface area contributed by atoms with Gasteiger partial charge in [-0.1, -0.05) is 6.07 Å². The van der Waals surface area contributed by atoms with Crippen LogP contribution in [0.15, 0.2) is 41.2 Å². The van der Waals surface area contributed by atoms with Crippen LogP contribution in [-0.4, -0.2) is 49.4 Å². The van der Waals surface area contributed by atoms with E-state index in [-0.39, 0.29) is 11.8 Å². The van der Waals surface area contributed by atoms with E-state index < -0.39 is 11.8 Å². The van der Waals surface area contributed by atoms with Crippen molar-refractivity contribution < 1.29 is 23.5 Å². The molecule has 2 aromatic rings. The number of carbonyl (C=O) groups excluding carboxylic acids is 3. The van der Waals surface area contributed by atoms with Gasteiger partial charge in [-0.3, -0.25) is 14.4 Å². The number of likely N-dealkylation sites (tertiary alicyclic amines) is 1. The van der Waals surface area contributed by atoms with E-state index in [0.29, 0.717) is 36.6 Å². The van der Waals surface area contributed by atoms with Gasteiger partial charge in [0.15, 0.2) is 0 Å². The first-order valence-corrected chi connectivity index (χ1v) is 9.53. The quantitative estimate of drug-likeness (QED) is 0.751. The summed E-state index contributed by atoms with van der Waals surface area (Å²) in [6, 6.07) is 6.99. The highest BCUT2D eigenvalue weighted by Gasteiger charge is 2.25. The summed E-state index contributed by atoms with van der Waals surface area (Å²) in [5.41, 5.74) is 1.94. The number of amides is 3. The fourth-order valence-corrected chi connectivity index (χ4v) is 3.32. The van der Waals surface area contributed by atoms with Gasteiger partial charge in [-0.15, -0.1) is 0 Å². The van der Waals surface area contributed by atoms with Crippen LogP contribution in [0.5, 0.6) is 5.75 Å². The standard InChI is InChI=1S/C21H25N3O5/c1-14-3-4-18(28-2)17(11-14)23-20(26)19(25)22-12-15-5-8-24(9-6-15)21(27)16-7-10-29-13-16/h3-4,7,10-11,13,15H,5-6,8-9,12H2,1-2H3,(H,22,25)(H,23,26). The van der Waals surface area contributed by atoms with Crippen molar-refractivity contribution in [2.45, 2.75) is 19.8 Å². The van der Waals surface area contributed by atoms with Gasteiger partial charge >= 0.3 is 11.8 Å². The summed E-state index contributed by atoms with van der Waals surface area (Å²) in [6.07, 6.45) is 4.44. The number of hydrogen-bond acceptors (Lipinski definition) is 5. The van der Waals surface area contributed by atoms with Crippen LogP contribution in [0.3, 0.4) is 0 Å². The number of aryl methyl sites for hydroxylation is 1. The number of piperidine rings is 1. The fourth-order valence-electron chi connectivity index (χ4n) is 3.32. The zero-order valence-corrected chi connectivity index (χ0v) is 16.6. The molecular formula is C21H25N3O5. The number of nitrogens with zero attached hydrogens (tertiary/aromatic N) is 1. The second-order valence-electron chi connectivity index (χ2n) is 7.12. The van der Waals surface area contributed by atoms with Gasteiger partial charge in [0.1, 0.15) is 12.0 Å². The molecule has 8 nitrogen and oxygen atoms in total. The molecule has 0 spiro atoms. The molecule has 154 valence electrons. The van der Waals surface area contributed by atoms with Gasteiger partial charge in [-0.25, -0.2) is 0 Å². The lowest BCUT2D eigenvalue weighted by atomic mass is 9.96. The molecule has 0 saturated carbocycles. The topological polar surface area (TPSA) is 101 Å². The summed E-state index contributed by atoms with van der Waals surface area (Å²) in [5, 5.41) is 5.28. The number of nitrogens with one attached hydrogen (secondary N) is 2. The van der Waals surface area contributed by atoms with E-state index in [9.17, 15) is 14.4 Å². The van der Waals surface area contributed by atoms with Crippen LogP contribution in [0.4, 0.5) is 5.69 Å². The average molecular weight is 399 g/mol. The molecule has 0 radical (unpaired) electrons. The molecule has 0 aliphatic carbocycles. The van der Waals surface area contributed by atoms with Crippen LogP contribution in [0.1, 0.15) is 28.8 Å². The average Bonchev–Trinajstić information content (AvgIpc) is 3.27. The van der Waals surface area contributed by atoms with Crippen molar-refractivity contribution in [2.75, 3.05) is 32.1 Å². The van der Waals surface area contributed by atoms with Crippen LogP contribution < -0.4 is 15.4 Å². The first-order valence-electron chi connectivity index (χ1n) is 9.53. The van der Waals surface area contributed by atoms with Crippen LogP contribution in [0.25, 0.3) is 0 Å². The van der Waals surface area contributed by atoms with E-state index in [0.717, 1.165) is 18.4 Å². The monoisotopic (exact) mass is 399 g/mol. The Morgan fingerprint density at radius 3 is 2.59 bits per heavy atom. The molecule has 1 saturated heterocycles. The van der Waals surface area contributed by atoms with E-state index >= 15 is 0 Å². The largest absolute Gasteiger partial charge is 0.495 e. The second-order valence-corrected chi connectivity index (χ2v) is 7.12. The van der Waals surface area contributed by atoms with Crippen molar-refractivity contribution in [3.8, 4) is 5.75 Å². The first kappa shape index (κ1) is 20.4. The summed E-state index contributed by atoms with van der Waals surface area (Å²) in [5.74, 6) is -0.764. The number of anilines is 1. The van der Waals surface area contributed by atoms with Gasteiger partial charge < -0.3 is 24.7 Å². The molecule has 3 rings (SSSR count). The fraction of sp³-hybridized carbons (Fsp3) is 0.381. The van der Waals surface area contributed by atoms with Crippen molar-refractivity contribution >= 4 is 23.4 Å². The van der Waals surface area contributed by atoms with E-state index in [4.69, 9.17) is 9.15 Å². The molecule has 2 N–H and O–H groups in total. The summed E-state index contributed by atoms with van der Waals surface area (Å²) >= 11 is 0. The third kappa shape index (κ3) is 5.16. The molecule has 1 aromatic heterocycles. The van der Waals surface area contributed by atoms with Crippen LogP contribution in [-0.2, 0) is 9.59 Å². The maximum absolute atomic E-state index is 12.3. The number of rotatable bonds is 5. The lowest BCUT2D eigenvalue weighted by molar-refractivity contribution is -0.136. The third-order valence-electron chi connectivity index (χ3n) is 5.03. The summed E-state index contributed by atoms with van der Waals surface area (Å²) in [7, 11) is 1.50. The Labute approximate surface area is 169 Å². The number of methoxy groups -OCH3 is 1. The smallest absolute Gasteiger partial charge is 0.313 e. The molecular weight excluding hydrogens is 374 g/mol. The van der Waals surface area contributed by atoms with Crippen molar-refractivity contribution in [1.82, 2.24) is 10.2 Å². The van der Waals surface area contributed by atoms with Gasteiger partial charge in [0, 0.05) is 19.6 Å². The lowest BCUT2D eigenvalue weighted by Gasteiger charge is -2.31. The zero-order valence-electron chi connectivity index (χ0n) is 16.6. The van der Waals surface area contributed by atoms with Crippen molar-refractivity contribution in [3.63, 3.8) is 0 Å². The van der Waals surface area contributed by atoms with E-state index in [1.54, 1.807) is 23.1 Å². The number of ether oxygens (including phenoxy) is 1. The number of benzene rings is 1. The van der Waals surface area contributed by atoms with Gasteiger partial charge in [0.05, 0.1) is 24.6 Å². The van der Waals surface area contributed by atoms with Crippen molar-refractivity contribution in [3.05, 3.63) is 47.9 Å². The minimum absolute atomic E-state index is 0.0484. The van der Waals surface area contributed by atoms with Gasteiger partial charge in [-0.05, 0) is 49.4 Å². The van der Waals surface area contributed by atoms with Gasteiger partial charge in [0.25, 0.3) is 5.91 Å². The molecule has 1 fully saturated rings. The Morgan fingerprint density at radius 2 is 1.93 bits per heavy atom. The highest BCUT2D eigenvalue weighted by Crippen LogP contribution is 2.25. The molecule has 3 amide bonds. The summed E-state index contributed by atoms with van der Waals surface area (Å²) < 4.78 is 10.2. The SMILES string of the molecule is COc1ccc(C)cc1NC(=O)C(=O)NCC1CCN(C(=O)c2ccoc2)CC1. The maximum atomic E-state index is 12.3. The predicted octanol–water partition coefficient (Wildman–Crippen LogP) is 2.20. The Balaban J connectivity index is 1.45. The molecule has 29 heavy (non-hydrogen) atoms. The Hall–Kier alpha value is -3.29. The number of carbonyl (C=O) groups is 3. The molecule has 0 unspecified atom stereocenters. The van der Waals surface area contributed by atoms with Crippen LogP contribution >= 0.6 is 0 Å². The molecule has 8 heteroatoms. The van der Waals surface area contributed by atoms with Gasteiger partial charge in [0.2, 0.25) is 0 Å². The molecule has 2 heterocycles. The zero-order chi connectivity index (χ0) is 20.8. The summed E-state index contributed by atoms with van der Waals surface area (Å²) in [4.78, 5) is 38.4. The number of furan rings is 1. The maximum Gasteiger partial charge on any atom is 0.313 e. The van der Waals surface area contributed by atoms with Crippen molar-refractivity contribution in [1.29, 1.82) is 0 Å². The van der Waals surface area contributed by atoms with Crippen molar-refractivity contribution in [2.24, 2.45) is 5.92 Å². The number of hydrogen-bond donors (Lipinski definition) is 2. The molecule has 0 bridgehead atoms. The molecule has 0 atom stereocenters. The highest BCUT2D eigenvalue weighted by molar-refractivity contribution is 6.39. The van der Waals surface area contributed by atoms with E-state index in [1.165, 1.54) is 19.6 Å². The van der Waals surface area contributed by atoms with E-state index in [2.05, 4.69) is 10.6 Å². The molecule has 1 aliphatic heterocycles. The normalized spacial score (nSPS) is 14.3. The van der Waals surface area contributed by atoms with E-state index in [1.807, 2.05) is 13.0 Å². The van der Waals surface area contributed by atoms with Gasteiger partial charge in [-0.2, -0.15) is 0 Å². The predicted molar refractivity (Wildman–Crippen MR) is 107 cm³/mol. The Kier molecular flexibility index (Phi) is 6.54. The van der Waals surface area contributed by atoms with Crippen LogP contribution in [0.2, 0.25) is 0 Å². The first-order chi connectivity index (χ1) is 14.0. The third-order valence-corrected chi connectivity index (χ3v) is 5.03. The highest BCUT2D eigenvalue weighted by atomic mass is 16.5.